The fourth-order valence-corrected chi connectivity index (χ4v) is 1.78. The molecule has 0 fully saturated rings. The second kappa shape index (κ2) is 5.90. The minimum absolute atomic E-state index is 0.0960. The van der Waals surface area contributed by atoms with Crippen LogP contribution in [-0.2, 0) is 4.79 Å². The van der Waals surface area contributed by atoms with Gasteiger partial charge in [0.1, 0.15) is 5.82 Å². The topological polar surface area (TPSA) is 84.2 Å². The average molecular weight is 281 g/mol. The molecule has 0 spiro atoms. The fraction of sp³-hybridized carbons (Fsp3) is 0.429. The highest BCUT2D eigenvalue weighted by Crippen LogP contribution is 2.18. The van der Waals surface area contributed by atoms with Gasteiger partial charge in [0.2, 0.25) is 5.91 Å². The Morgan fingerprint density at radius 3 is 2.50 bits per heavy atom. The van der Waals surface area contributed by atoms with Gasteiger partial charge < -0.3 is 16.4 Å². The zero-order valence-electron chi connectivity index (χ0n) is 12.1. The number of nitrogen functional groups attached to an aromatic ring is 1. The summed E-state index contributed by atoms with van der Waals surface area (Å²) in [5.74, 6) is -1.40. The molecule has 1 rings (SSSR count). The van der Waals surface area contributed by atoms with E-state index in [1.807, 2.05) is 0 Å². The Bertz CT molecular complexity index is 541. The quantitative estimate of drug-likeness (QED) is 0.725. The number of nitrogens with two attached hydrogens (primary N) is 1. The number of hydrogen-bond donors (Lipinski definition) is 3. The fourth-order valence-electron chi connectivity index (χ4n) is 1.78. The molecule has 0 atom stereocenters. The minimum atomic E-state index is -0.781. The van der Waals surface area contributed by atoms with Gasteiger partial charge in [0.25, 0.3) is 5.91 Å². The van der Waals surface area contributed by atoms with Gasteiger partial charge in [-0.2, -0.15) is 0 Å². The SMILES string of the molecule is CNC(=O)C(C)(C)CNC(=O)c1cc(N)cc(C)c1F. The summed E-state index contributed by atoms with van der Waals surface area (Å²) in [5, 5.41) is 5.07. The lowest BCUT2D eigenvalue weighted by Gasteiger charge is -2.23. The number of benzene rings is 1. The highest BCUT2D eigenvalue weighted by Gasteiger charge is 2.27. The van der Waals surface area contributed by atoms with E-state index >= 15 is 0 Å². The maximum absolute atomic E-state index is 13.9. The van der Waals surface area contributed by atoms with Gasteiger partial charge in [-0.1, -0.05) is 0 Å². The largest absolute Gasteiger partial charge is 0.399 e. The molecule has 6 heteroatoms. The number of carbonyl (C=O) groups is 2. The van der Waals surface area contributed by atoms with Crippen LogP contribution in [-0.4, -0.2) is 25.4 Å². The third-order valence-electron chi connectivity index (χ3n) is 3.05. The first-order chi connectivity index (χ1) is 9.19. The molecule has 4 N–H and O–H groups in total. The maximum atomic E-state index is 13.9. The molecule has 0 unspecified atom stereocenters. The molecule has 0 bridgehead atoms. The summed E-state index contributed by atoms with van der Waals surface area (Å²) < 4.78 is 13.9. The third kappa shape index (κ3) is 3.46. The summed E-state index contributed by atoms with van der Waals surface area (Å²) >= 11 is 0. The maximum Gasteiger partial charge on any atom is 0.254 e. The van der Waals surface area contributed by atoms with Crippen molar-refractivity contribution in [1.29, 1.82) is 0 Å². The van der Waals surface area contributed by atoms with E-state index < -0.39 is 17.1 Å². The molecule has 20 heavy (non-hydrogen) atoms. The molecule has 0 aromatic heterocycles. The lowest BCUT2D eigenvalue weighted by Crippen LogP contribution is -2.43. The number of nitrogens with one attached hydrogen (secondary N) is 2. The number of carbonyl (C=O) groups excluding carboxylic acids is 2. The molecule has 0 heterocycles. The summed E-state index contributed by atoms with van der Waals surface area (Å²) in [5.41, 5.74) is 5.34. The normalized spacial score (nSPS) is 11.1. The van der Waals surface area contributed by atoms with E-state index in [-0.39, 0.29) is 18.0 Å². The Morgan fingerprint density at radius 1 is 1.35 bits per heavy atom. The molecule has 0 radical (unpaired) electrons. The number of halogens is 1. The lowest BCUT2D eigenvalue weighted by molar-refractivity contribution is -0.128. The molecule has 0 aliphatic rings. The third-order valence-corrected chi connectivity index (χ3v) is 3.05. The number of anilines is 1. The molecular weight excluding hydrogens is 261 g/mol. The first-order valence-electron chi connectivity index (χ1n) is 6.25. The van der Waals surface area contributed by atoms with Crippen LogP contribution in [0.15, 0.2) is 12.1 Å². The molecule has 1 aromatic rings. The van der Waals surface area contributed by atoms with E-state index in [9.17, 15) is 14.0 Å². The predicted molar refractivity (Wildman–Crippen MR) is 75.7 cm³/mol. The first-order valence-corrected chi connectivity index (χ1v) is 6.25. The Balaban J connectivity index is 2.86. The van der Waals surface area contributed by atoms with E-state index in [0.717, 1.165) is 0 Å². The zero-order valence-corrected chi connectivity index (χ0v) is 12.1. The van der Waals surface area contributed by atoms with Crippen molar-refractivity contribution in [2.24, 2.45) is 5.41 Å². The summed E-state index contributed by atoms with van der Waals surface area (Å²) in [7, 11) is 1.52. The summed E-state index contributed by atoms with van der Waals surface area (Å²) in [6.07, 6.45) is 0. The highest BCUT2D eigenvalue weighted by atomic mass is 19.1. The smallest absolute Gasteiger partial charge is 0.254 e. The van der Waals surface area contributed by atoms with Crippen molar-refractivity contribution in [3.63, 3.8) is 0 Å². The molecule has 0 saturated carbocycles. The lowest BCUT2D eigenvalue weighted by atomic mass is 9.92. The van der Waals surface area contributed by atoms with Crippen molar-refractivity contribution in [2.45, 2.75) is 20.8 Å². The van der Waals surface area contributed by atoms with Crippen LogP contribution < -0.4 is 16.4 Å². The van der Waals surface area contributed by atoms with Crippen LogP contribution >= 0.6 is 0 Å². The average Bonchev–Trinajstić information content (AvgIpc) is 2.39. The molecule has 5 nitrogen and oxygen atoms in total. The number of aryl methyl sites for hydroxylation is 1. The van der Waals surface area contributed by atoms with Crippen molar-refractivity contribution in [2.75, 3.05) is 19.3 Å². The molecule has 0 saturated heterocycles. The molecule has 0 aliphatic heterocycles. The number of hydrogen-bond acceptors (Lipinski definition) is 3. The summed E-state index contributed by atoms with van der Waals surface area (Å²) in [4.78, 5) is 23.6. The molecular formula is C14H20FN3O2. The Kier molecular flexibility index (Phi) is 4.70. The highest BCUT2D eigenvalue weighted by molar-refractivity contribution is 5.96. The summed E-state index contributed by atoms with van der Waals surface area (Å²) in [6.45, 7) is 5.01. The monoisotopic (exact) mass is 281 g/mol. The van der Waals surface area contributed by atoms with Gasteiger partial charge in [-0.15, -0.1) is 0 Å². The van der Waals surface area contributed by atoms with Crippen LogP contribution in [0.5, 0.6) is 0 Å². The molecule has 2 amide bonds. The van der Waals surface area contributed by atoms with Crippen LogP contribution in [0.3, 0.4) is 0 Å². The van der Waals surface area contributed by atoms with Crippen LogP contribution in [0.1, 0.15) is 29.8 Å². The second-order valence-electron chi connectivity index (χ2n) is 5.35. The Labute approximate surface area is 117 Å². The molecule has 110 valence electrons. The Morgan fingerprint density at radius 2 is 1.95 bits per heavy atom. The van der Waals surface area contributed by atoms with Gasteiger partial charge >= 0.3 is 0 Å². The Hall–Kier alpha value is -2.11. The number of amides is 2. The molecule has 1 aromatic carbocycles. The van der Waals surface area contributed by atoms with E-state index in [1.54, 1.807) is 13.8 Å². The van der Waals surface area contributed by atoms with Crippen LogP contribution in [0, 0.1) is 18.2 Å². The van der Waals surface area contributed by atoms with Crippen LogP contribution in [0.25, 0.3) is 0 Å². The second-order valence-corrected chi connectivity index (χ2v) is 5.35. The van der Waals surface area contributed by atoms with E-state index in [4.69, 9.17) is 5.73 Å². The van der Waals surface area contributed by atoms with Gasteiger partial charge in [0.05, 0.1) is 11.0 Å². The standard InChI is InChI=1S/C14H20FN3O2/c1-8-5-9(16)6-10(11(8)15)12(19)18-7-14(2,3)13(20)17-4/h5-6H,7,16H2,1-4H3,(H,17,20)(H,18,19). The van der Waals surface area contributed by atoms with Crippen molar-refractivity contribution >= 4 is 17.5 Å². The van der Waals surface area contributed by atoms with Gasteiger partial charge in [-0.25, -0.2) is 4.39 Å². The van der Waals surface area contributed by atoms with E-state index in [0.29, 0.717) is 11.3 Å². The minimum Gasteiger partial charge on any atom is -0.399 e. The van der Waals surface area contributed by atoms with Gasteiger partial charge in [0, 0.05) is 19.3 Å². The van der Waals surface area contributed by atoms with E-state index in [2.05, 4.69) is 10.6 Å². The van der Waals surface area contributed by atoms with Crippen LogP contribution in [0.2, 0.25) is 0 Å². The molecule has 0 aliphatic carbocycles. The first kappa shape index (κ1) is 15.9. The van der Waals surface area contributed by atoms with Crippen molar-refractivity contribution in [3.05, 3.63) is 29.1 Å². The predicted octanol–water partition coefficient (Wildman–Crippen LogP) is 1.22. The van der Waals surface area contributed by atoms with Crippen molar-refractivity contribution in [1.82, 2.24) is 10.6 Å². The van der Waals surface area contributed by atoms with Crippen LogP contribution in [0.4, 0.5) is 10.1 Å². The summed E-state index contributed by atoms with van der Waals surface area (Å²) in [6, 6.07) is 2.74. The van der Waals surface area contributed by atoms with Gasteiger partial charge in [0.15, 0.2) is 0 Å². The number of rotatable bonds is 4. The van der Waals surface area contributed by atoms with Gasteiger partial charge in [-0.05, 0) is 38.5 Å². The van der Waals surface area contributed by atoms with E-state index in [1.165, 1.54) is 26.1 Å². The van der Waals surface area contributed by atoms with Crippen molar-refractivity contribution < 1.29 is 14.0 Å². The zero-order chi connectivity index (χ0) is 15.5. The van der Waals surface area contributed by atoms with Gasteiger partial charge in [-0.3, -0.25) is 9.59 Å². The van der Waals surface area contributed by atoms with Crippen molar-refractivity contribution in [3.8, 4) is 0 Å².